The Morgan fingerprint density at radius 1 is 1.06 bits per heavy atom. The Balaban J connectivity index is 1.54. The summed E-state index contributed by atoms with van der Waals surface area (Å²) in [7, 11) is 0. The van der Waals surface area contributed by atoms with E-state index in [9.17, 15) is 9.90 Å². The van der Waals surface area contributed by atoms with Crippen LogP contribution in [0.1, 0.15) is 33.3 Å². The first-order valence-electron chi connectivity index (χ1n) is 9.92. The predicted octanol–water partition coefficient (Wildman–Crippen LogP) is 5.56. The number of aromatic nitrogens is 2. The fourth-order valence-corrected chi connectivity index (χ4v) is 4.91. The number of phenolic OH excluding ortho intramolecular Hbond substituents is 1. The lowest BCUT2D eigenvalue weighted by molar-refractivity contribution is 0.0715. The molecule has 0 saturated heterocycles. The van der Waals surface area contributed by atoms with Gasteiger partial charge in [-0.1, -0.05) is 29.8 Å². The molecule has 32 heavy (non-hydrogen) atoms. The zero-order valence-corrected chi connectivity index (χ0v) is 18.3. The highest BCUT2D eigenvalue weighted by molar-refractivity contribution is 7.17. The number of carbonyl (C=O) groups is 1. The fraction of sp³-hybridized carbons (Fsp3) is 0.0833. The topological polar surface area (TPSA) is 78.7 Å². The van der Waals surface area contributed by atoms with Gasteiger partial charge in [-0.2, -0.15) is 5.10 Å². The number of hydrazone groups is 1. The van der Waals surface area contributed by atoms with Gasteiger partial charge in [-0.05, 0) is 42.5 Å². The van der Waals surface area contributed by atoms with Gasteiger partial charge in [0.2, 0.25) is 0 Å². The van der Waals surface area contributed by atoms with Crippen molar-refractivity contribution in [1.29, 1.82) is 0 Å². The summed E-state index contributed by atoms with van der Waals surface area (Å²) in [5.41, 5.74) is 2.81. The highest BCUT2D eigenvalue weighted by atomic mass is 35.5. The molecule has 1 unspecified atom stereocenters. The highest BCUT2D eigenvalue weighted by Gasteiger charge is 2.37. The maximum absolute atomic E-state index is 13.5. The molecule has 0 bridgehead atoms. The number of rotatable bonds is 4. The summed E-state index contributed by atoms with van der Waals surface area (Å²) in [6, 6.07) is 17.4. The van der Waals surface area contributed by atoms with Gasteiger partial charge in [0.25, 0.3) is 5.91 Å². The van der Waals surface area contributed by atoms with Gasteiger partial charge in [0.05, 0.1) is 27.2 Å². The molecule has 0 fully saturated rings. The van der Waals surface area contributed by atoms with E-state index >= 15 is 0 Å². The lowest BCUT2D eigenvalue weighted by atomic mass is 9.98. The fourth-order valence-electron chi connectivity index (χ4n) is 3.70. The number of phenols is 1. The maximum atomic E-state index is 13.5. The Bertz CT molecular complexity index is 1290. The van der Waals surface area contributed by atoms with Gasteiger partial charge in [-0.25, -0.2) is 5.01 Å². The molecule has 0 spiro atoms. The number of pyridine rings is 2. The van der Waals surface area contributed by atoms with Crippen molar-refractivity contribution < 1.29 is 9.90 Å². The molecule has 4 aromatic rings. The molecule has 1 amide bonds. The summed E-state index contributed by atoms with van der Waals surface area (Å²) < 4.78 is 0. The normalized spacial score (nSPS) is 15.6. The van der Waals surface area contributed by atoms with Crippen molar-refractivity contribution in [3.05, 3.63) is 100 Å². The van der Waals surface area contributed by atoms with Gasteiger partial charge < -0.3 is 5.11 Å². The predicted molar refractivity (Wildman–Crippen MR) is 125 cm³/mol. The van der Waals surface area contributed by atoms with Crippen molar-refractivity contribution in [2.24, 2.45) is 5.10 Å². The minimum atomic E-state index is -0.535. The summed E-state index contributed by atoms with van der Waals surface area (Å²) in [6.07, 6.45) is 5.52. The number of benzene rings is 1. The van der Waals surface area contributed by atoms with Gasteiger partial charge >= 0.3 is 0 Å². The Morgan fingerprint density at radius 3 is 2.72 bits per heavy atom. The number of hydrogen-bond acceptors (Lipinski definition) is 6. The molecule has 1 aliphatic heterocycles. The van der Waals surface area contributed by atoms with E-state index in [1.165, 1.54) is 16.3 Å². The molecule has 0 saturated carbocycles. The van der Waals surface area contributed by atoms with Crippen LogP contribution in [0.4, 0.5) is 0 Å². The first-order valence-corrected chi connectivity index (χ1v) is 11.1. The van der Waals surface area contributed by atoms with Crippen LogP contribution in [0.15, 0.2) is 84.4 Å². The molecule has 1 N–H and O–H groups in total. The third kappa shape index (κ3) is 3.77. The van der Waals surface area contributed by atoms with E-state index in [0.29, 0.717) is 27.6 Å². The van der Waals surface area contributed by atoms with E-state index in [2.05, 4.69) is 15.1 Å². The van der Waals surface area contributed by atoms with Crippen molar-refractivity contribution in [1.82, 2.24) is 15.0 Å². The van der Waals surface area contributed by atoms with E-state index in [1.807, 2.05) is 36.4 Å². The van der Waals surface area contributed by atoms with Gasteiger partial charge in [0.1, 0.15) is 5.75 Å². The number of aromatic hydroxyl groups is 1. The standard InChI is InChI=1S/C24H17ClN4O2S/c25-16-6-3-8-20(30)23(16)19-13-18(15-5-4-11-26-14-15)28-29(19)24(31)22-10-9-21(32-22)17-7-1-2-12-27-17/h1-12,14,19,30H,13H2. The summed E-state index contributed by atoms with van der Waals surface area (Å²) in [5, 5.41) is 17.0. The molecule has 158 valence electrons. The van der Waals surface area contributed by atoms with Crippen LogP contribution in [0, 0.1) is 0 Å². The molecule has 1 aliphatic rings. The van der Waals surface area contributed by atoms with E-state index < -0.39 is 6.04 Å². The second kappa shape index (κ2) is 8.53. The Labute approximate surface area is 193 Å². The van der Waals surface area contributed by atoms with E-state index in [4.69, 9.17) is 11.6 Å². The molecule has 3 aromatic heterocycles. The summed E-state index contributed by atoms with van der Waals surface area (Å²) in [4.78, 5) is 23.5. The van der Waals surface area contributed by atoms with Crippen molar-refractivity contribution in [2.45, 2.75) is 12.5 Å². The summed E-state index contributed by atoms with van der Waals surface area (Å²) >= 11 is 7.79. The number of thiophene rings is 1. The van der Waals surface area contributed by atoms with E-state index in [-0.39, 0.29) is 11.7 Å². The minimum absolute atomic E-state index is 0.0308. The van der Waals surface area contributed by atoms with Crippen LogP contribution in [0.3, 0.4) is 0 Å². The maximum Gasteiger partial charge on any atom is 0.284 e. The van der Waals surface area contributed by atoms with E-state index in [1.54, 1.807) is 42.9 Å². The molecule has 5 rings (SSSR count). The quantitative estimate of drug-likeness (QED) is 0.432. The van der Waals surface area contributed by atoms with Crippen LogP contribution in [0.2, 0.25) is 5.02 Å². The Kier molecular flexibility index (Phi) is 5.43. The van der Waals surface area contributed by atoms with Crippen molar-refractivity contribution in [2.75, 3.05) is 0 Å². The SMILES string of the molecule is O=C(c1ccc(-c2ccccn2)s1)N1N=C(c2cccnc2)CC1c1c(O)cccc1Cl. The first-order chi connectivity index (χ1) is 15.6. The van der Waals surface area contributed by atoms with Gasteiger partial charge in [0, 0.05) is 41.2 Å². The lowest BCUT2D eigenvalue weighted by Gasteiger charge is -2.23. The minimum Gasteiger partial charge on any atom is -0.508 e. The zero-order chi connectivity index (χ0) is 22.1. The van der Waals surface area contributed by atoms with Crippen LogP contribution >= 0.6 is 22.9 Å². The molecular formula is C24H17ClN4O2S. The number of nitrogens with zero attached hydrogens (tertiary/aromatic N) is 4. The van der Waals surface area contributed by atoms with Crippen LogP contribution in [0.25, 0.3) is 10.6 Å². The monoisotopic (exact) mass is 460 g/mol. The van der Waals surface area contributed by atoms with Gasteiger partial charge in [-0.15, -0.1) is 11.3 Å². The molecule has 0 aliphatic carbocycles. The molecule has 4 heterocycles. The molecule has 1 aromatic carbocycles. The molecule has 1 atom stereocenters. The summed E-state index contributed by atoms with van der Waals surface area (Å²) in [5.74, 6) is -0.233. The first kappa shape index (κ1) is 20.4. The average molecular weight is 461 g/mol. The largest absolute Gasteiger partial charge is 0.508 e. The van der Waals surface area contributed by atoms with Gasteiger partial charge in [0.15, 0.2) is 0 Å². The second-order valence-electron chi connectivity index (χ2n) is 7.21. The van der Waals surface area contributed by atoms with Crippen molar-refractivity contribution in [3.63, 3.8) is 0 Å². The second-order valence-corrected chi connectivity index (χ2v) is 8.70. The third-order valence-electron chi connectivity index (χ3n) is 5.21. The Hall–Kier alpha value is -3.55. The van der Waals surface area contributed by atoms with E-state index in [0.717, 1.165) is 16.1 Å². The molecule has 8 heteroatoms. The zero-order valence-electron chi connectivity index (χ0n) is 16.7. The van der Waals surface area contributed by atoms with Crippen LogP contribution < -0.4 is 0 Å². The lowest BCUT2D eigenvalue weighted by Crippen LogP contribution is -2.26. The molecule has 0 radical (unpaired) electrons. The number of amides is 1. The summed E-state index contributed by atoms with van der Waals surface area (Å²) in [6.45, 7) is 0. The third-order valence-corrected chi connectivity index (χ3v) is 6.64. The number of hydrogen-bond donors (Lipinski definition) is 1. The van der Waals surface area contributed by atoms with Crippen LogP contribution in [-0.2, 0) is 0 Å². The Morgan fingerprint density at radius 2 is 1.97 bits per heavy atom. The molecular weight excluding hydrogens is 444 g/mol. The van der Waals surface area contributed by atoms with Gasteiger partial charge in [-0.3, -0.25) is 14.8 Å². The van der Waals surface area contributed by atoms with Crippen molar-refractivity contribution >= 4 is 34.6 Å². The van der Waals surface area contributed by atoms with Crippen LogP contribution in [0.5, 0.6) is 5.75 Å². The van der Waals surface area contributed by atoms with Crippen molar-refractivity contribution in [3.8, 4) is 16.3 Å². The molecule has 6 nitrogen and oxygen atoms in total. The smallest absolute Gasteiger partial charge is 0.284 e. The van der Waals surface area contributed by atoms with Crippen LogP contribution in [-0.4, -0.2) is 31.7 Å². The highest BCUT2D eigenvalue weighted by Crippen LogP contribution is 2.42. The average Bonchev–Trinajstić information content (AvgIpc) is 3.48. The number of halogens is 1. The number of carbonyl (C=O) groups excluding carboxylic acids is 1.